The Hall–Kier alpha value is -2.33. The normalized spacial score (nSPS) is 8.14. The predicted molar refractivity (Wildman–Crippen MR) is 90.8 cm³/mol. The van der Waals surface area contributed by atoms with Crippen LogP contribution in [0, 0.1) is 0 Å². The first-order valence-electron chi connectivity index (χ1n) is 6.18. The van der Waals surface area contributed by atoms with Crippen LogP contribution >= 0.6 is 11.6 Å². The molecule has 0 aliphatic heterocycles. The predicted octanol–water partition coefficient (Wildman–Crippen LogP) is 4.06. The van der Waals surface area contributed by atoms with Crippen molar-refractivity contribution in [3.63, 3.8) is 0 Å². The van der Waals surface area contributed by atoms with Crippen LogP contribution in [0.4, 0.5) is 0 Å². The number of carbonyl (C=O) groups excluding carboxylic acids is 1. The minimum atomic E-state index is -0.981. The summed E-state index contributed by atoms with van der Waals surface area (Å²) in [6, 6.07) is 8.02. The molecule has 0 heterocycles. The van der Waals surface area contributed by atoms with Crippen LogP contribution in [0.15, 0.2) is 55.7 Å². The second-order valence-corrected chi connectivity index (χ2v) is 4.16. The van der Waals surface area contributed by atoms with E-state index in [0.717, 1.165) is 17.2 Å². The number of alkyl halides is 1. The fraction of sp³-hybridized carbons (Fsp3) is 0.176. The summed E-state index contributed by atoms with van der Waals surface area (Å²) in [7, 11) is 1.33. The van der Waals surface area contributed by atoms with Gasteiger partial charge in [0.05, 0.1) is 7.11 Å². The zero-order valence-corrected chi connectivity index (χ0v) is 13.6. The van der Waals surface area contributed by atoms with Crippen molar-refractivity contribution in [1.29, 1.82) is 0 Å². The summed E-state index contributed by atoms with van der Waals surface area (Å²) in [6.07, 6.45) is 2.65. The van der Waals surface area contributed by atoms with Crippen molar-refractivity contribution in [3.05, 3.63) is 66.8 Å². The van der Waals surface area contributed by atoms with Crippen molar-refractivity contribution in [3.8, 4) is 0 Å². The highest BCUT2D eigenvalue weighted by Gasteiger charge is 1.95. The van der Waals surface area contributed by atoms with Gasteiger partial charge in [-0.05, 0) is 18.1 Å². The zero-order valence-electron chi connectivity index (χ0n) is 12.8. The lowest BCUT2D eigenvalue weighted by atomic mass is 10.1. The highest BCUT2D eigenvalue weighted by molar-refractivity contribution is 6.17. The van der Waals surface area contributed by atoms with Crippen LogP contribution in [0.25, 0.3) is 6.08 Å². The molecule has 5 heteroatoms. The molecule has 0 fully saturated rings. The van der Waals surface area contributed by atoms with E-state index in [2.05, 4.69) is 24.5 Å². The number of esters is 1. The van der Waals surface area contributed by atoms with Crippen molar-refractivity contribution < 1.29 is 19.4 Å². The third-order valence-electron chi connectivity index (χ3n) is 2.08. The zero-order chi connectivity index (χ0) is 17.5. The first-order chi connectivity index (χ1) is 10.3. The number of benzene rings is 1. The summed E-state index contributed by atoms with van der Waals surface area (Å²) in [4.78, 5) is 19.4. The molecule has 0 saturated heterocycles. The van der Waals surface area contributed by atoms with Crippen LogP contribution < -0.4 is 0 Å². The van der Waals surface area contributed by atoms with Gasteiger partial charge in [0, 0.05) is 17.5 Å². The smallest absolute Gasteiger partial charge is 0.332 e. The third-order valence-corrected chi connectivity index (χ3v) is 2.39. The summed E-state index contributed by atoms with van der Waals surface area (Å²) in [5, 5.41) is 7.60. The first kappa shape index (κ1) is 22.0. The number of halogens is 1. The van der Waals surface area contributed by atoms with Gasteiger partial charge in [-0.1, -0.05) is 50.1 Å². The molecule has 0 amide bonds. The van der Waals surface area contributed by atoms with E-state index in [1.54, 1.807) is 6.92 Å². The molecular formula is C17H21ClO4. The van der Waals surface area contributed by atoms with E-state index >= 15 is 0 Å². The summed E-state index contributed by atoms with van der Waals surface area (Å²) in [5.74, 6) is -0.748. The average Bonchev–Trinajstić information content (AvgIpc) is 2.55. The minimum Gasteiger partial charge on any atom is -0.478 e. The Morgan fingerprint density at radius 3 is 1.91 bits per heavy atom. The molecule has 0 aliphatic rings. The van der Waals surface area contributed by atoms with Crippen molar-refractivity contribution in [2.75, 3.05) is 7.11 Å². The Bertz CT molecular complexity index is 504. The molecule has 0 spiro atoms. The molecule has 1 N–H and O–H groups in total. The summed E-state index contributed by atoms with van der Waals surface area (Å²) in [5.41, 5.74) is 2.71. The summed E-state index contributed by atoms with van der Waals surface area (Å²) < 4.78 is 4.27. The van der Waals surface area contributed by atoms with Gasteiger partial charge in [0.25, 0.3) is 0 Å². The average molecular weight is 325 g/mol. The number of carboxylic acids is 1. The molecule has 120 valence electrons. The SMILES string of the molecule is C=C(C)C(=O)OC.C=CC(=O)O.C=Cc1ccc(CCl)cc1. The number of rotatable bonds is 4. The Morgan fingerprint density at radius 1 is 1.27 bits per heavy atom. The number of hydrogen-bond acceptors (Lipinski definition) is 3. The van der Waals surface area contributed by atoms with E-state index in [1.165, 1.54) is 7.11 Å². The molecule has 0 bridgehead atoms. The fourth-order valence-corrected chi connectivity index (χ4v) is 1.10. The van der Waals surface area contributed by atoms with Gasteiger partial charge in [-0.15, -0.1) is 11.6 Å². The van der Waals surface area contributed by atoms with Gasteiger partial charge in [-0.25, -0.2) is 9.59 Å². The maximum absolute atomic E-state index is 10.2. The lowest BCUT2D eigenvalue weighted by Crippen LogP contribution is -1.98. The number of carboxylic acid groups (broad SMARTS) is 1. The standard InChI is InChI=1S/C9H9Cl.C5H8O2.C3H4O2/c1-2-8-3-5-9(7-10)6-4-8;1-4(2)5(6)7-3;1-2-3(4)5/h2-6H,1,7H2;1H2,2-3H3;2H,1H2,(H,4,5). The Labute approximate surface area is 136 Å². The van der Waals surface area contributed by atoms with Crippen LogP contribution in [-0.4, -0.2) is 24.2 Å². The van der Waals surface area contributed by atoms with Crippen molar-refractivity contribution in [2.24, 2.45) is 0 Å². The molecule has 1 rings (SSSR count). The largest absolute Gasteiger partial charge is 0.478 e. The Balaban J connectivity index is 0. The van der Waals surface area contributed by atoms with Crippen molar-refractivity contribution >= 4 is 29.6 Å². The van der Waals surface area contributed by atoms with E-state index in [0.29, 0.717) is 11.5 Å². The van der Waals surface area contributed by atoms with Gasteiger partial charge < -0.3 is 9.84 Å². The molecule has 0 aromatic heterocycles. The van der Waals surface area contributed by atoms with Crippen LogP contribution in [-0.2, 0) is 20.2 Å². The number of hydrogen-bond donors (Lipinski definition) is 1. The second-order valence-electron chi connectivity index (χ2n) is 3.89. The maximum Gasteiger partial charge on any atom is 0.332 e. The number of methoxy groups -OCH3 is 1. The van der Waals surface area contributed by atoms with Gasteiger partial charge in [0.15, 0.2) is 0 Å². The van der Waals surface area contributed by atoms with Gasteiger partial charge >= 0.3 is 11.9 Å². The molecule has 0 aliphatic carbocycles. The van der Waals surface area contributed by atoms with E-state index in [1.807, 2.05) is 30.3 Å². The topological polar surface area (TPSA) is 63.6 Å². The number of carbonyl (C=O) groups is 2. The number of aliphatic carboxylic acids is 1. The Kier molecular flexibility index (Phi) is 13.6. The fourth-order valence-electron chi connectivity index (χ4n) is 0.917. The van der Waals surface area contributed by atoms with E-state index < -0.39 is 5.97 Å². The van der Waals surface area contributed by atoms with Gasteiger partial charge in [0.2, 0.25) is 0 Å². The molecule has 1 aromatic carbocycles. The molecule has 0 radical (unpaired) electrons. The second kappa shape index (κ2) is 13.6. The molecule has 22 heavy (non-hydrogen) atoms. The van der Waals surface area contributed by atoms with Crippen LogP contribution in [0.3, 0.4) is 0 Å². The van der Waals surface area contributed by atoms with E-state index in [4.69, 9.17) is 16.7 Å². The molecule has 0 unspecified atom stereocenters. The van der Waals surface area contributed by atoms with Crippen LogP contribution in [0.1, 0.15) is 18.1 Å². The van der Waals surface area contributed by atoms with E-state index in [-0.39, 0.29) is 5.97 Å². The molecular weight excluding hydrogens is 304 g/mol. The quantitative estimate of drug-likeness (QED) is 0.515. The highest BCUT2D eigenvalue weighted by Crippen LogP contribution is 2.06. The van der Waals surface area contributed by atoms with Crippen LogP contribution in [0.5, 0.6) is 0 Å². The minimum absolute atomic E-state index is 0.347. The molecule has 0 saturated carbocycles. The molecule has 4 nitrogen and oxygen atoms in total. The number of ether oxygens (including phenoxy) is 1. The summed E-state index contributed by atoms with van der Waals surface area (Å²) in [6.45, 7) is 11.6. The molecule has 1 aromatic rings. The summed E-state index contributed by atoms with van der Waals surface area (Å²) >= 11 is 5.60. The van der Waals surface area contributed by atoms with E-state index in [9.17, 15) is 9.59 Å². The maximum atomic E-state index is 10.2. The van der Waals surface area contributed by atoms with Crippen molar-refractivity contribution in [2.45, 2.75) is 12.8 Å². The van der Waals surface area contributed by atoms with Gasteiger partial charge in [-0.3, -0.25) is 0 Å². The Morgan fingerprint density at radius 2 is 1.73 bits per heavy atom. The highest BCUT2D eigenvalue weighted by atomic mass is 35.5. The third kappa shape index (κ3) is 12.7. The lowest BCUT2D eigenvalue weighted by molar-refractivity contribution is -0.136. The van der Waals surface area contributed by atoms with Crippen molar-refractivity contribution in [1.82, 2.24) is 0 Å². The monoisotopic (exact) mass is 324 g/mol. The van der Waals surface area contributed by atoms with Gasteiger partial charge in [0.1, 0.15) is 0 Å². The van der Waals surface area contributed by atoms with Gasteiger partial charge in [-0.2, -0.15) is 0 Å². The molecule has 0 atom stereocenters. The lowest BCUT2D eigenvalue weighted by Gasteiger charge is -1.94. The first-order valence-corrected chi connectivity index (χ1v) is 6.72. The van der Waals surface area contributed by atoms with Crippen LogP contribution in [0.2, 0.25) is 0 Å².